The molecule has 0 spiro atoms. The first-order chi connectivity index (χ1) is 14.2. The van der Waals surface area contributed by atoms with Crippen LogP contribution >= 0.6 is 24.8 Å². The van der Waals surface area contributed by atoms with Crippen LogP contribution in [0, 0.1) is 6.92 Å². The van der Waals surface area contributed by atoms with Crippen molar-refractivity contribution < 1.29 is 9.53 Å². The molecule has 0 saturated carbocycles. The van der Waals surface area contributed by atoms with E-state index in [4.69, 9.17) is 4.74 Å². The molecular formula is C23H28Cl2N4O2. The van der Waals surface area contributed by atoms with Crippen LogP contribution < -0.4 is 10.1 Å². The van der Waals surface area contributed by atoms with Crippen LogP contribution in [0.4, 0.5) is 0 Å². The van der Waals surface area contributed by atoms with Crippen molar-refractivity contribution in [3.05, 3.63) is 65.6 Å². The zero-order chi connectivity index (χ0) is 19.8. The van der Waals surface area contributed by atoms with Gasteiger partial charge >= 0.3 is 0 Å². The summed E-state index contributed by atoms with van der Waals surface area (Å²) in [5.41, 5.74) is 3.66. The maximum atomic E-state index is 13.2. The summed E-state index contributed by atoms with van der Waals surface area (Å²) in [6.07, 6.45) is 7.27. The van der Waals surface area contributed by atoms with Crippen molar-refractivity contribution in [3.8, 4) is 5.75 Å². The molecule has 4 heterocycles. The Kier molecular flexibility index (Phi) is 7.46. The highest BCUT2D eigenvalue weighted by Crippen LogP contribution is 2.30. The number of ether oxygens (including phenoxy) is 1. The predicted octanol–water partition coefficient (Wildman–Crippen LogP) is 4.03. The molecule has 1 amide bonds. The SMILES string of the molecule is Cc1ccc2nc(COc3cccc(C(=O)N4C5CCNCC4CC5)c3)cn2c1.Cl.Cl. The fraction of sp³-hybridized carbons (Fsp3) is 0.391. The van der Waals surface area contributed by atoms with Crippen molar-refractivity contribution in [2.45, 2.75) is 44.9 Å². The molecule has 2 saturated heterocycles. The molecule has 1 N–H and O–H groups in total. The van der Waals surface area contributed by atoms with Crippen LogP contribution in [0.15, 0.2) is 48.8 Å². The topological polar surface area (TPSA) is 58.9 Å². The summed E-state index contributed by atoms with van der Waals surface area (Å²) in [4.78, 5) is 19.9. The smallest absolute Gasteiger partial charge is 0.254 e. The molecule has 2 aliphatic heterocycles. The van der Waals surface area contributed by atoms with Crippen molar-refractivity contribution in [1.82, 2.24) is 19.6 Å². The number of hydrogen-bond acceptors (Lipinski definition) is 4. The van der Waals surface area contributed by atoms with Crippen LogP contribution in [-0.2, 0) is 6.61 Å². The summed E-state index contributed by atoms with van der Waals surface area (Å²) >= 11 is 0. The highest BCUT2D eigenvalue weighted by atomic mass is 35.5. The second-order valence-electron chi connectivity index (χ2n) is 8.11. The fourth-order valence-electron chi connectivity index (χ4n) is 4.56. The summed E-state index contributed by atoms with van der Waals surface area (Å²) in [7, 11) is 0. The number of nitrogens with one attached hydrogen (secondary N) is 1. The Morgan fingerprint density at radius 2 is 1.97 bits per heavy atom. The van der Waals surface area contributed by atoms with Crippen molar-refractivity contribution >= 4 is 36.4 Å². The molecule has 6 nitrogen and oxygen atoms in total. The quantitative estimate of drug-likeness (QED) is 0.635. The molecule has 2 aromatic heterocycles. The average Bonchev–Trinajstić information content (AvgIpc) is 3.24. The molecule has 0 radical (unpaired) electrons. The van der Waals surface area contributed by atoms with Gasteiger partial charge < -0.3 is 19.4 Å². The molecule has 1 aromatic carbocycles. The Hall–Kier alpha value is -2.28. The lowest BCUT2D eigenvalue weighted by Gasteiger charge is -2.28. The maximum absolute atomic E-state index is 13.2. The summed E-state index contributed by atoms with van der Waals surface area (Å²) in [5.74, 6) is 0.819. The summed E-state index contributed by atoms with van der Waals surface area (Å²) in [6, 6.07) is 12.3. The number of aromatic nitrogens is 2. The van der Waals surface area contributed by atoms with Gasteiger partial charge in [0.1, 0.15) is 18.0 Å². The zero-order valence-corrected chi connectivity index (χ0v) is 19.1. The third-order valence-electron chi connectivity index (χ3n) is 6.01. The number of halogens is 2. The van der Waals surface area contributed by atoms with E-state index in [1.54, 1.807) is 0 Å². The number of pyridine rings is 1. The number of fused-ring (bicyclic) bond motifs is 3. The van der Waals surface area contributed by atoms with E-state index in [0.717, 1.165) is 43.7 Å². The van der Waals surface area contributed by atoms with Crippen molar-refractivity contribution in [2.24, 2.45) is 0 Å². The Morgan fingerprint density at radius 3 is 2.84 bits per heavy atom. The van der Waals surface area contributed by atoms with Gasteiger partial charge in [-0.1, -0.05) is 12.1 Å². The summed E-state index contributed by atoms with van der Waals surface area (Å²) in [6.45, 7) is 4.32. The van der Waals surface area contributed by atoms with Gasteiger partial charge in [-0.05, 0) is 62.6 Å². The van der Waals surface area contributed by atoms with Gasteiger partial charge in [0.25, 0.3) is 5.91 Å². The number of carbonyl (C=O) groups is 1. The van der Waals surface area contributed by atoms with Gasteiger partial charge in [0, 0.05) is 36.6 Å². The van der Waals surface area contributed by atoms with E-state index in [0.29, 0.717) is 30.0 Å². The van der Waals surface area contributed by atoms with E-state index >= 15 is 0 Å². The second kappa shape index (κ2) is 9.90. The molecule has 2 unspecified atom stereocenters. The number of rotatable bonds is 4. The maximum Gasteiger partial charge on any atom is 0.254 e. The van der Waals surface area contributed by atoms with Gasteiger partial charge in [-0.2, -0.15) is 0 Å². The number of nitrogens with zero attached hydrogens (tertiary/aromatic N) is 3. The number of aryl methyl sites for hydroxylation is 1. The fourth-order valence-corrected chi connectivity index (χ4v) is 4.56. The van der Waals surface area contributed by atoms with E-state index in [1.165, 1.54) is 5.56 Å². The van der Waals surface area contributed by atoms with Gasteiger partial charge in [-0.25, -0.2) is 4.98 Å². The van der Waals surface area contributed by atoms with E-state index in [-0.39, 0.29) is 30.7 Å². The Bertz CT molecular complexity index is 1040. The van der Waals surface area contributed by atoms with Crippen LogP contribution in [0.5, 0.6) is 5.75 Å². The number of amides is 1. The molecule has 2 aliphatic rings. The van der Waals surface area contributed by atoms with Crippen molar-refractivity contribution in [3.63, 3.8) is 0 Å². The van der Waals surface area contributed by atoms with Gasteiger partial charge in [-0.3, -0.25) is 4.79 Å². The van der Waals surface area contributed by atoms with E-state index in [2.05, 4.69) is 28.3 Å². The molecule has 166 valence electrons. The summed E-state index contributed by atoms with van der Waals surface area (Å²) < 4.78 is 7.98. The van der Waals surface area contributed by atoms with Gasteiger partial charge in [-0.15, -0.1) is 24.8 Å². The number of imidazole rings is 1. The van der Waals surface area contributed by atoms with Crippen LogP contribution in [-0.4, -0.2) is 45.4 Å². The second-order valence-corrected chi connectivity index (χ2v) is 8.11. The normalized spacial score (nSPS) is 20.0. The minimum absolute atomic E-state index is 0. The van der Waals surface area contributed by atoms with Crippen molar-refractivity contribution in [1.29, 1.82) is 0 Å². The molecule has 2 bridgehead atoms. The third kappa shape index (κ3) is 4.81. The first kappa shape index (κ1) is 23.4. The molecule has 0 aliphatic carbocycles. The average molecular weight is 463 g/mol. The monoisotopic (exact) mass is 462 g/mol. The molecule has 3 aromatic rings. The molecule has 31 heavy (non-hydrogen) atoms. The van der Waals surface area contributed by atoms with E-state index in [1.807, 2.05) is 47.0 Å². The molecule has 2 atom stereocenters. The number of carbonyl (C=O) groups excluding carboxylic acids is 1. The lowest BCUT2D eigenvalue weighted by Crippen LogP contribution is -2.42. The van der Waals surface area contributed by atoms with Crippen LogP contribution in [0.1, 0.15) is 40.9 Å². The van der Waals surface area contributed by atoms with Crippen LogP contribution in [0.25, 0.3) is 5.65 Å². The Balaban J connectivity index is 0.00000136. The minimum atomic E-state index is 0. The lowest BCUT2D eigenvalue weighted by molar-refractivity contribution is 0.0680. The molecule has 8 heteroatoms. The van der Waals surface area contributed by atoms with Gasteiger partial charge in [0.2, 0.25) is 0 Å². The van der Waals surface area contributed by atoms with Crippen molar-refractivity contribution in [2.75, 3.05) is 13.1 Å². The highest BCUT2D eigenvalue weighted by molar-refractivity contribution is 5.95. The zero-order valence-electron chi connectivity index (χ0n) is 17.5. The first-order valence-corrected chi connectivity index (χ1v) is 10.4. The largest absolute Gasteiger partial charge is 0.487 e. The Labute approximate surface area is 194 Å². The van der Waals surface area contributed by atoms with Crippen LogP contribution in [0.2, 0.25) is 0 Å². The molecular weight excluding hydrogens is 435 g/mol. The number of benzene rings is 1. The lowest BCUT2D eigenvalue weighted by atomic mass is 10.1. The van der Waals surface area contributed by atoms with Gasteiger partial charge in [0.15, 0.2) is 0 Å². The predicted molar refractivity (Wildman–Crippen MR) is 126 cm³/mol. The molecule has 5 rings (SSSR count). The minimum Gasteiger partial charge on any atom is -0.487 e. The van der Waals surface area contributed by atoms with E-state index < -0.39 is 0 Å². The molecule has 2 fully saturated rings. The highest BCUT2D eigenvalue weighted by Gasteiger charge is 2.38. The first-order valence-electron chi connectivity index (χ1n) is 10.4. The number of hydrogen-bond donors (Lipinski definition) is 1. The third-order valence-corrected chi connectivity index (χ3v) is 6.01. The van der Waals surface area contributed by atoms with Crippen LogP contribution in [0.3, 0.4) is 0 Å². The van der Waals surface area contributed by atoms with E-state index in [9.17, 15) is 4.79 Å². The standard InChI is InChI=1S/C23H26N4O2.2ClH/c1-16-5-8-22-25-18(14-26(22)13-16)15-29-21-4-2-3-17(11-21)23(28)27-19-6-7-20(27)12-24-10-9-19;;/h2-5,8,11,13-14,19-20,24H,6-7,9-10,12,15H2,1H3;2*1H. The Morgan fingerprint density at radius 1 is 1.13 bits per heavy atom. The summed E-state index contributed by atoms with van der Waals surface area (Å²) in [5, 5.41) is 3.45. The van der Waals surface area contributed by atoms with Gasteiger partial charge in [0.05, 0.1) is 5.69 Å².